The average Bonchev–Trinajstić information content (AvgIpc) is 3.46. The van der Waals surface area contributed by atoms with Gasteiger partial charge in [-0.2, -0.15) is 8.42 Å². The van der Waals surface area contributed by atoms with Gasteiger partial charge in [-0.15, -0.1) is 0 Å². The van der Waals surface area contributed by atoms with Crippen molar-refractivity contribution < 1.29 is 17.3 Å². The normalized spacial score (nSPS) is 19.4. The first kappa shape index (κ1) is 23.8. The second-order valence-corrected chi connectivity index (χ2v) is 9.27. The maximum absolute atomic E-state index is 12.3. The molecule has 1 aliphatic rings. The van der Waals surface area contributed by atoms with Crippen molar-refractivity contribution in [2.45, 2.75) is 88.7 Å². The zero-order chi connectivity index (χ0) is 21.0. The van der Waals surface area contributed by atoms with E-state index in [4.69, 9.17) is 8.92 Å². The van der Waals surface area contributed by atoms with Crippen molar-refractivity contribution in [3.8, 4) is 0 Å². The Morgan fingerprint density at radius 2 is 1.69 bits per heavy atom. The largest absolute Gasteiger partial charge is 0.367 e. The van der Waals surface area contributed by atoms with Crippen molar-refractivity contribution in [1.82, 2.24) is 0 Å². The van der Waals surface area contributed by atoms with Crippen LogP contribution in [0.15, 0.2) is 53.5 Å². The predicted octanol–water partition coefficient (Wildman–Crippen LogP) is 6.11. The van der Waals surface area contributed by atoms with Gasteiger partial charge in [0, 0.05) is 0 Å². The number of hydrogen-bond acceptors (Lipinski definition) is 4. The van der Waals surface area contributed by atoms with Crippen LogP contribution in [0.3, 0.4) is 0 Å². The zero-order valence-electron chi connectivity index (χ0n) is 17.9. The second-order valence-electron chi connectivity index (χ2n) is 7.69. The number of unbranched alkanes of at least 4 members (excludes halogenated alkanes) is 6. The summed E-state index contributed by atoms with van der Waals surface area (Å²) in [6.45, 7) is 4.09. The van der Waals surface area contributed by atoms with Gasteiger partial charge in [0.2, 0.25) is 0 Å². The molecule has 0 N–H and O–H groups in total. The highest BCUT2D eigenvalue weighted by Gasteiger charge is 2.39. The quantitative estimate of drug-likeness (QED) is 0.149. The first-order valence-corrected chi connectivity index (χ1v) is 12.4. The smallest absolute Gasteiger partial charge is 0.297 e. The molecule has 1 aromatic carbocycles. The molecule has 0 aliphatic carbocycles. The maximum atomic E-state index is 12.3. The summed E-state index contributed by atoms with van der Waals surface area (Å²) in [5.74, 6) is 0. The molecule has 2 atom stereocenters. The minimum Gasteiger partial charge on any atom is -0.367 e. The summed E-state index contributed by atoms with van der Waals surface area (Å²) >= 11 is 0. The summed E-state index contributed by atoms with van der Waals surface area (Å²) in [7, 11) is -3.72. The summed E-state index contributed by atoms with van der Waals surface area (Å²) in [5, 5.41) is 0. The van der Waals surface area contributed by atoms with Crippen LogP contribution in [0.2, 0.25) is 0 Å². The summed E-state index contributed by atoms with van der Waals surface area (Å²) in [4.78, 5) is 0.227. The Morgan fingerprint density at radius 1 is 0.966 bits per heavy atom. The molecule has 0 amide bonds. The van der Waals surface area contributed by atoms with Crippen molar-refractivity contribution in [2.24, 2.45) is 0 Å². The number of allylic oxidation sites excluding steroid dienone is 3. The molecule has 2 rings (SSSR count). The number of ether oxygens (including phenoxy) is 1. The summed E-state index contributed by atoms with van der Waals surface area (Å²) in [5.41, 5.74) is 0.688. The molecule has 5 heteroatoms. The lowest BCUT2D eigenvalue weighted by Crippen LogP contribution is -2.13. The van der Waals surface area contributed by atoms with Crippen LogP contribution in [-0.4, -0.2) is 27.2 Å². The number of rotatable bonds is 15. The monoisotopic (exact) mass is 420 g/mol. The predicted molar refractivity (Wildman–Crippen MR) is 118 cm³/mol. The van der Waals surface area contributed by atoms with Crippen LogP contribution >= 0.6 is 0 Å². The van der Waals surface area contributed by atoms with E-state index in [1.807, 2.05) is 6.07 Å². The Balaban J connectivity index is 1.53. The molecule has 0 unspecified atom stereocenters. The van der Waals surface area contributed by atoms with E-state index in [1.54, 1.807) is 25.1 Å². The van der Waals surface area contributed by atoms with E-state index in [1.165, 1.54) is 44.9 Å². The van der Waals surface area contributed by atoms with E-state index in [0.717, 1.165) is 12.8 Å². The van der Waals surface area contributed by atoms with Crippen LogP contribution in [0.25, 0.3) is 0 Å². The number of hydrogen-bond donors (Lipinski definition) is 0. The van der Waals surface area contributed by atoms with Gasteiger partial charge in [-0.05, 0) is 44.2 Å². The Bertz CT molecular complexity index is 752. The van der Waals surface area contributed by atoms with Crippen molar-refractivity contribution in [3.05, 3.63) is 54.1 Å². The molecule has 1 fully saturated rings. The minimum atomic E-state index is -3.72. The van der Waals surface area contributed by atoms with E-state index in [9.17, 15) is 8.42 Å². The molecule has 162 valence electrons. The highest BCUT2D eigenvalue weighted by Crippen LogP contribution is 2.27. The topological polar surface area (TPSA) is 55.9 Å². The number of epoxide rings is 1. The molecule has 0 bridgehead atoms. The van der Waals surface area contributed by atoms with Crippen LogP contribution in [-0.2, 0) is 19.0 Å². The van der Waals surface area contributed by atoms with E-state index in [2.05, 4.69) is 31.2 Å². The molecule has 1 heterocycles. The molecular weight excluding hydrogens is 384 g/mol. The molecule has 1 saturated heterocycles. The lowest BCUT2D eigenvalue weighted by molar-refractivity contribution is 0.263. The molecule has 0 spiro atoms. The second kappa shape index (κ2) is 13.0. The van der Waals surface area contributed by atoms with Crippen LogP contribution in [0.5, 0.6) is 0 Å². The number of aryl methyl sites for hydroxylation is 1. The van der Waals surface area contributed by atoms with Crippen LogP contribution in [0, 0.1) is 6.92 Å². The molecule has 0 saturated carbocycles. The molecule has 1 aromatic rings. The molecule has 0 radical (unpaired) electrons. The van der Waals surface area contributed by atoms with Gasteiger partial charge in [0.15, 0.2) is 0 Å². The lowest BCUT2D eigenvalue weighted by Gasteiger charge is -2.06. The van der Waals surface area contributed by atoms with E-state index < -0.39 is 10.1 Å². The molecule has 29 heavy (non-hydrogen) atoms. The van der Waals surface area contributed by atoms with Gasteiger partial charge in [0.25, 0.3) is 10.1 Å². The van der Waals surface area contributed by atoms with Crippen molar-refractivity contribution >= 4 is 10.1 Å². The maximum Gasteiger partial charge on any atom is 0.297 e. The van der Waals surface area contributed by atoms with Crippen molar-refractivity contribution in [1.29, 1.82) is 0 Å². The van der Waals surface area contributed by atoms with Crippen molar-refractivity contribution in [2.75, 3.05) is 6.61 Å². The van der Waals surface area contributed by atoms with Gasteiger partial charge in [-0.25, -0.2) is 0 Å². The lowest BCUT2D eigenvalue weighted by atomic mass is 10.1. The van der Waals surface area contributed by atoms with Crippen LogP contribution in [0.4, 0.5) is 0 Å². The third-order valence-electron chi connectivity index (χ3n) is 5.14. The Morgan fingerprint density at radius 3 is 2.48 bits per heavy atom. The van der Waals surface area contributed by atoms with E-state index in [0.29, 0.717) is 5.56 Å². The average molecular weight is 421 g/mol. The highest BCUT2D eigenvalue weighted by molar-refractivity contribution is 7.86. The van der Waals surface area contributed by atoms with Gasteiger partial charge < -0.3 is 4.74 Å². The Kier molecular flexibility index (Phi) is 10.7. The van der Waals surface area contributed by atoms with Crippen molar-refractivity contribution in [3.63, 3.8) is 0 Å². The molecule has 1 aliphatic heterocycles. The first-order chi connectivity index (χ1) is 14.0. The van der Waals surface area contributed by atoms with Gasteiger partial charge in [-0.1, -0.05) is 81.5 Å². The van der Waals surface area contributed by atoms with Gasteiger partial charge in [-0.3, -0.25) is 4.18 Å². The zero-order valence-corrected chi connectivity index (χ0v) is 18.7. The number of benzene rings is 1. The minimum absolute atomic E-state index is 0.0606. The summed E-state index contributed by atoms with van der Waals surface area (Å²) < 4.78 is 35.2. The van der Waals surface area contributed by atoms with Gasteiger partial charge in [0.05, 0.1) is 17.6 Å². The molecule has 0 aromatic heterocycles. The molecular formula is C24H36O4S. The fraction of sp³-hybridized carbons (Fsp3) is 0.583. The fourth-order valence-electron chi connectivity index (χ4n) is 3.25. The van der Waals surface area contributed by atoms with Crippen LogP contribution < -0.4 is 0 Å². The summed E-state index contributed by atoms with van der Waals surface area (Å²) in [6, 6.07) is 6.84. The third kappa shape index (κ3) is 9.28. The van der Waals surface area contributed by atoms with Gasteiger partial charge >= 0.3 is 0 Å². The van der Waals surface area contributed by atoms with Crippen LogP contribution in [0.1, 0.15) is 70.3 Å². The first-order valence-electron chi connectivity index (χ1n) is 10.9. The van der Waals surface area contributed by atoms with E-state index in [-0.39, 0.29) is 23.7 Å². The van der Waals surface area contributed by atoms with E-state index >= 15 is 0 Å². The third-order valence-corrected chi connectivity index (χ3v) is 6.58. The standard InChI is InChI=1S/C24H36O4S/c1-3-4-5-6-7-8-9-10-11-12-13-14-18-22-23(28-22)20-27-29(25,26)24-19-16-15-17-21(24)2/h10-11,13-17,19,22-23H,3-9,12,18,20H2,1-2H3/b11-10-,14-13-/t22-,23+/m0/s1. The summed E-state index contributed by atoms with van der Waals surface area (Å²) in [6.07, 6.45) is 19.6. The molecule has 4 nitrogen and oxygen atoms in total. The van der Waals surface area contributed by atoms with Gasteiger partial charge in [0.1, 0.15) is 6.10 Å². The Labute approximate surface area is 177 Å². The SMILES string of the molecule is CCCCCCCC/C=C\C/C=C\C[C@@H]1O[C@@H]1COS(=O)(=O)c1ccccc1C. The fourth-order valence-corrected chi connectivity index (χ4v) is 4.40. The Hall–Kier alpha value is -1.43. The highest BCUT2D eigenvalue weighted by atomic mass is 32.2.